The second-order valence-electron chi connectivity index (χ2n) is 5.38. The van der Waals surface area contributed by atoms with Gasteiger partial charge in [-0.05, 0) is 19.3 Å². The van der Waals surface area contributed by atoms with E-state index >= 15 is 0 Å². The quantitative estimate of drug-likeness (QED) is 0.574. The maximum Gasteiger partial charge on any atom is 0.390 e. The molecule has 0 aromatic carbocycles. The number of rotatable bonds is 7. The Balaban J connectivity index is 2.73. The fourth-order valence-electron chi connectivity index (χ4n) is 2.29. The fourth-order valence-corrected chi connectivity index (χ4v) is 2.29. The van der Waals surface area contributed by atoms with Crippen LogP contribution in [0.15, 0.2) is 0 Å². The number of carbonyl (C=O) groups is 3. The molecule has 1 N–H and O–H groups in total. The Morgan fingerprint density at radius 2 is 1.57 bits per heavy atom. The van der Waals surface area contributed by atoms with Crippen LogP contribution in [0.4, 0.5) is 0 Å². The number of carboxylic acid groups (broad SMARTS) is 1. The molecule has 0 aromatic rings. The number of carbonyl (C=O) groups excluding carboxylic acids is 2. The molecule has 0 bridgehead atoms. The molecule has 0 amide bonds. The van der Waals surface area contributed by atoms with Gasteiger partial charge < -0.3 is 14.6 Å². The highest BCUT2D eigenvalue weighted by atomic mass is 16.7. The summed E-state index contributed by atoms with van der Waals surface area (Å²) in [7, 11) is 0. The van der Waals surface area contributed by atoms with Crippen LogP contribution < -0.4 is 0 Å². The summed E-state index contributed by atoms with van der Waals surface area (Å²) in [5.41, 5.74) is 0. The second-order valence-corrected chi connectivity index (χ2v) is 5.38. The van der Waals surface area contributed by atoms with Crippen molar-refractivity contribution >= 4 is 17.9 Å². The molecule has 0 unspecified atom stereocenters. The van der Waals surface area contributed by atoms with Crippen molar-refractivity contribution in [2.75, 3.05) is 0 Å². The molecule has 21 heavy (non-hydrogen) atoms. The monoisotopic (exact) mass is 300 g/mol. The van der Waals surface area contributed by atoms with Gasteiger partial charge in [0.15, 0.2) is 0 Å². The molecule has 1 saturated heterocycles. The average molecular weight is 300 g/mol. The molecule has 6 nitrogen and oxygen atoms in total. The highest BCUT2D eigenvalue weighted by Gasteiger charge is 2.46. The van der Waals surface area contributed by atoms with E-state index in [9.17, 15) is 19.5 Å². The maximum absolute atomic E-state index is 11.7. The van der Waals surface area contributed by atoms with Crippen LogP contribution in [0, 0.1) is 0 Å². The molecule has 0 atom stereocenters. The van der Waals surface area contributed by atoms with Crippen molar-refractivity contribution in [2.24, 2.45) is 0 Å². The SMILES string of the molecule is CCCCCCCC1(C(=O)O)OC(=O)CCCCC(=O)O1. The molecular formula is C15H24O6. The number of ether oxygens (including phenoxy) is 2. The molecule has 1 aliphatic rings. The Morgan fingerprint density at radius 1 is 1.05 bits per heavy atom. The van der Waals surface area contributed by atoms with E-state index in [1.54, 1.807) is 0 Å². The minimum absolute atomic E-state index is 0.00350. The summed E-state index contributed by atoms with van der Waals surface area (Å²) in [4.78, 5) is 34.9. The van der Waals surface area contributed by atoms with Gasteiger partial charge in [-0.1, -0.05) is 32.6 Å². The topological polar surface area (TPSA) is 89.9 Å². The molecule has 0 aromatic heterocycles. The van der Waals surface area contributed by atoms with Gasteiger partial charge in [-0.15, -0.1) is 0 Å². The Labute approximate surface area is 124 Å². The number of carboxylic acids is 1. The van der Waals surface area contributed by atoms with Crippen LogP contribution in [0.2, 0.25) is 0 Å². The Hall–Kier alpha value is -1.59. The van der Waals surface area contributed by atoms with Crippen molar-refractivity contribution in [3.63, 3.8) is 0 Å². The summed E-state index contributed by atoms with van der Waals surface area (Å²) >= 11 is 0. The third-order valence-electron chi connectivity index (χ3n) is 3.50. The van der Waals surface area contributed by atoms with Crippen LogP contribution in [0.3, 0.4) is 0 Å². The van der Waals surface area contributed by atoms with E-state index < -0.39 is 23.7 Å². The average Bonchev–Trinajstić information content (AvgIpc) is 2.49. The highest BCUT2D eigenvalue weighted by Crippen LogP contribution is 2.26. The Bertz CT molecular complexity index is 356. The standard InChI is InChI=1S/C15H24O6/c1-2-3-4-5-8-11-15(14(18)19)20-12(16)9-6-7-10-13(17)21-15/h2-11H2,1H3,(H,18,19). The van der Waals surface area contributed by atoms with E-state index in [-0.39, 0.29) is 19.3 Å². The highest BCUT2D eigenvalue weighted by molar-refractivity contribution is 5.84. The van der Waals surface area contributed by atoms with Crippen LogP contribution in [-0.4, -0.2) is 28.8 Å². The van der Waals surface area contributed by atoms with Crippen molar-refractivity contribution < 1.29 is 29.0 Å². The molecule has 1 fully saturated rings. The van der Waals surface area contributed by atoms with Gasteiger partial charge in [-0.25, -0.2) is 4.79 Å². The van der Waals surface area contributed by atoms with E-state index in [2.05, 4.69) is 6.92 Å². The predicted octanol–water partition coefficient (Wildman–Crippen LogP) is 2.79. The summed E-state index contributed by atoms with van der Waals surface area (Å²) in [6.07, 6.45) is 5.71. The summed E-state index contributed by atoms with van der Waals surface area (Å²) in [6, 6.07) is 0. The fraction of sp³-hybridized carbons (Fsp3) is 0.800. The van der Waals surface area contributed by atoms with Crippen molar-refractivity contribution in [1.29, 1.82) is 0 Å². The van der Waals surface area contributed by atoms with Gasteiger partial charge in [-0.3, -0.25) is 9.59 Å². The molecule has 0 saturated carbocycles. The predicted molar refractivity (Wildman–Crippen MR) is 74.4 cm³/mol. The zero-order chi connectivity index (χ0) is 15.7. The molecule has 120 valence electrons. The van der Waals surface area contributed by atoms with Crippen LogP contribution >= 0.6 is 0 Å². The largest absolute Gasteiger partial charge is 0.475 e. The zero-order valence-corrected chi connectivity index (χ0v) is 12.6. The normalized spacial score (nSPS) is 18.9. The first-order valence-electron chi connectivity index (χ1n) is 7.67. The number of hydrogen-bond donors (Lipinski definition) is 1. The molecule has 6 heteroatoms. The van der Waals surface area contributed by atoms with Crippen molar-refractivity contribution in [2.45, 2.75) is 76.9 Å². The summed E-state index contributed by atoms with van der Waals surface area (Å²) in [5.74, 6) is -4.81. The van der Waals surface area contributed by atoms with E-state index in [1.165, 1.54) is 0 Å². The third-order valence-corrected chi connectivity index (χ3v) is 3.50. The molecular weight excluding hydrogens is 276 g/mol. The van der Waals surface area contributed by atoms with Crippen LogP contribution in [0.25, 0.3) is 0 Å². The molecule has 1 heterocycles. The van der Waals surface area contributed by atoms with E-state index in [4.69, 9.17) is 9.47 Å². The van der Waals surface area contributed by atoms with Crippen LogP contribution in [0.5, 0.6) is 0 Å². The first-order chi connectivity index (χ1) is 10.00. The molecule has 1 aliphatic heterocycles. The van der Waals surface area contributed by atoms with Crippen molar-refractivity contribution in [3.8, 4) is 0 Å². The lowest BCUT2D eigenvalue weighted by Crippen LogP contribution is -2.47. The summed E-state index contributed by atoms with van der Waals surface area (Å²) in [6.45, 7) is 2.08. The zero-order valence-electron chi connectivity index (χ0n) is 12.6. The number of unbranched alkanes of at least 4 members (excludes halogenated alkanes) is 4. The van der Waals surface area contributed by atoms with E-state index in [1.807, 2.05) is 0 Å². The Morgan fingerprint density at radius 3 is 2.05 bits per heavy atom. The van der Waals surface area contributed by atoms with Crippen molar-refractivity contribution in [3.05, 3.63) is 0 Å². The van der Waals surface area contributed by atoms with Crippen LogP contribution in [0.1, 0.15) is 71.1 Å². The van der Waals surface area contributed by atoms with Gasteiger partial charge >= 0.3 is 23.7 Å². The smallest absolute Gasteiger partial charge is 0.390 e. The first kappa shape index (κ1) is 17.5. The third kappa shape index (κ3) is 5.73. The number of esters is 2. The second kappa shape index (κ2) is 8.64. The molecule has 0 aliphatic carbocycles. The van der Waals surface area contributed by atoms with Crippen molar-refractivity contribution in [1.82, 2.24) is 0 Å². The minimum Gasteiger partial charge on any atom is -0.475 e. The van der Waals surface area contributed by atoms with Gasteiger partial charge in [-0.2, -0.15) is 0 Å². The summed E-state index contributed by atoms with van der Waals surface area (Å²) < 4.78 is 10.0. The first-order valence-corrected chi connectivity index (χ1v) is 7.67. The number of aliphatic carboxylic acids is 1. The molecule has 0 spiro atoms. The number of cyclic esters (lactones) is 2. The van der Waals surface area contributed by atoms with Gasteiger partial charge in [0.25, 0.3) is 0 Å². The van der Waals surface area contributed by atoms with Gasteiger partial charge in [0.05, 0.1) is 0 Å². The van der Waals surface area contributed by atoms with Gasteiger partial charge in [0, 0.05) is 19.3 Å². The lowest BCUT2D eigenvalue weighted by atomic mass is 10.1. The van der Waals surface area contributed by atoms with E-state index in [0.29, 0.717) is 19.3 Å². The van der Waals surface area contributed by atoms with Gasteiger partial charge in [0.2, 0.25) is 0 Å². The lowest BCUT2D eigenvalue weighted by molar-refractivity contribution is -0.238. The molecule has 0 radical (unpaired) electrons. The molecule has 1 rings (SSSR count). The van der Waals surface area contributed by atoms with E-state index in [0.717, 1.165) is 25.7 Å². The lowest BCUT2D eigenvalue weighted by Gasteiger charge is -2.28. The maximum atomic E-state index is 11.7. The number of hydrogen-bond acceptors (Lipinski definition) is 5. The minimum atomic E-state index is -2.15. The van der Waals surface area contributed by atoms with Gasteiger partial charge in [0.1, 0.15) is 0 Å². The summed E-state index contributed by atoms with van der Waals surface area (Å²) in [5, 5.41) is 9.38. The Kier molecular flexibility index (Phi) is 7.19. The van der Waals surface area contributed by atoms with Crippen LogP contribution in [-0.2, 0) is 23.9 Å².